The van der Waals surface area contributed by atoms with Gasteiger partial charge in [0.2, 0.25) is 5.91 Å². The molecule has 7 nitrogen and oxygen atoms in total. The third-order valence-corrected chi connectivity index (χ3v) is 7.36. The normalized spacial score (nSPS) is 11.1. The second-order valence-electron chi connectivity index (χ2n) is 11.0. The van der Waals surface area contributed by atoms with Crippen molar-refractivity contribution >= 4 is 34.3 Å². The Morgan fingerprint density at radius 3 is 2.37 bits per heavy atom. The van der Waals surface area contributed by atoms with E-state index in [0.29, 0.717) is 18.5 Å². The summed E-state index contributed by atoms with van der Waals surface area (Å²) in [6.45, 7) is 8.24. The van der Waals surface area contributed by atoms with Gasteiger partial charge in [0.05, 0.1) is 34.1 Å². The van der Waals surface area contributed by atoms with Gasteiger partial charge in [0.15, 0.2) is 0 Å². The van der Waals surface area contributed by atoms with E-state index in [2.05, 4.69) is 33.4 Å². The van der Waals surface area contributed by atoms with Crippen molar-refractivity contribution in [1.29, 1.82) is 0 Å². The Bertz CT molecular complexity index is 1770. The zero-order valence-electron chi connectivity index (χ0n) is 25.4. The lowest BCUT2D eigenvalue weighted by Gasteiger charge is -2.18. The topological polar surface area (TPSA) is 85.3 Å². The molecular formula is C36H38N4O3. The van der Waals surface area contributed by atoms with Gasteiger partial charge in [-0.3, -0.25) is 4.79 Å². The van der Waals surface area contributed by atoms with Gasteiger partial charge in [-0.2, -0.15) is 0 Å². The number of carbonyl (C=O) groups excluding carboxylic acids is 2. The second-order valence-corrected chi connectivity index (χ2v) is 11.0. The smallest absolute Gasteiger partial charge is 0.339 e. The third kappa shape index (κ3) is 6.61. The van der Waals surface area contributed by atoms with Gasteiger partial charge in [-0.05, 0) is 79.8 Å². The average molecular weight is 575 g/mol. The van der Waals surface area contributed by atoms with Crippen LogP contribution in [0.1, 0.15) is 55.1 Å². The zero-order chi connectivity index (χ0) is 30.5. The van der Waals surface area contributed by atoms with E-state index in [1.165, 1.54) is 0 Å². The summed E-state index contributed by atoms with van der Waals surface area (Å²) in [6.07, 6.45) is 1.04. The quantitative estimate of drug-likeness (QED) is 0.165. The van der Waals surface area contributed by atoms with Gasteiger partial charge in [-0.25, -0.2) is 9.78 Å². The zero-order valence-corrected chi connectivity index (χ0v) is 25.4. The van der Waals surface area contributed by atoms with Crippen LogP contribution in [0.5, 0.6) is 0 Å². The van der Waals surface area contributed by atoms with Crippen molar-refractivity contribution < 1.29 is 14.3 Å². The minimum Gasteiger partial charge on any atom is -0.459 e. The molecule has 0 aliphatic rings. The SMILES string of the molecule is CCCC(=O)Nc1c(C)cc(-c2nc3ccccc3n2C)cc1NCc1ccc(-c2ccccc2C(=O)OC(C)C)cc1. The van der Waals surface area contributed by atoms with Crippen molar-refractivity contribution in [3.05, 3.63) is 102 Å². The molecule has 220 valence electrons. The first-order valence-corrected chi connectivity index (χ1v) is 14.7. The van der Waals surface area contributed by atoms with Crippen LogP contribution >= 0.6 is 0 Å². The standard InChI is InChI=1S/C36H38N4O3/c1-6-11-33(41)39-34-24(4)20-27(35-38-30-14-9-10-15-32(30)40(35)5)21-31(34)37-22-25-16-18-26(19-17-25)28-12-7-8-13-29(28)36(42)43-23(2)3/h7-10,12-21,23,37H,6,11,22H2,1-5H3,(H,39,41). The number of esters is 1. The van der Waals surface area contributed by atoms with Gasteiger partial charge >= 0.3 is 5.97 Å². The molecule has 4 aromatic carbocycles. The number of hydrogen-bond acceptors (Lipinski definition) is 5. The fraction of sp³-hybridized carbons (Fsp3) is 0.250. The Hall–Kier alpha value is -4.91. The molecule has 0 atom stereocenters. The number of aromatic nitrogens is 2. The van der Waals surface area contributed by atoms with E-state index < -0.39 is 0 Å². The Balaban J connectivity index is 1.43. The van der Waals surface area contributed by atoms with Crippen molar-refractivity contribution in [2.75, 3.05) is 10.6 Å². The number of amides is 1. The number of imidazole rings is 1. The van der Waals surface area contributed by atoms with Crippen molar-refractivity contribution in [3.63, 3.8) is 0 Å². The van der Waals surface area contributed by atoms with Gasteiger partial charge in [-0.15, -0.1) is 0 Å². The molecule has 43 heavy (non-hydrogen) atoms. The maximum Gasteiger partial charge on any atom is 0.339 e. The number of benzene rings is 4. The summed E-state index contributed by atoms with van der Waals surface area (Å²) in [5.74, 6) is 0.519. The van der Waals surface area contributed by atoms with Crippen LogP contribution in [0.3, 0.4) is 0 Å². The van der Waals surface area contributed by atoms with E-state index in [4.69, 9.17) is 9.72 Å². The van der Waals surface area contributed by atoms with Crippen LogP contribution in [0, 0.1) is 6.92 Å². The highest BCUT2D eigenvalue weighted by Crippen LogP contribution is 2.34. The number of rotatable bonds is 10. The van der Waals surface area contributed by atoms with Crippen LogP contribution in [0.2, 0.25) is 0 Å². The highest BCUT2D eigenvalue weighted by molar-refractivity contribution is 5.98. The van der Waals surface area contributed by atoms with Crippen molar-refractivity contribution in [2.24, 2.45) is 7.05 Å². The summed E-state index contributed by atoms with van der Waals surface area (Å²) in [5.41, 5.74) is 8.89. The number of para-hydroxylation sites is 2. The van der Waals surface area contributed by atoms with Crippen LogP contribution in [-0.2, 0) is 23.1 Å². The molecular weight excluding hydrogens is 536 g/mol. The van der Waals surface area contributed by atoms with Gasteiger partial charge in [0.1, 0.15) is 5.82 Å². The van der Waals surface area contributed by atoms with E-state index in [1.807, 2.05) is 95.4 Å². The fourth-order valence-corrected chi connectivity index (χ4v) is 5.24. The van der Waals surface area contributed by atoms with E-state index >= 15 is 0 Å². The van der Waals surface area contributed by atoms with E-state index in [-0.39, 0.29) is 18.0 Å². The van der Waals surface area contributed by atoms with E-state index in [0.717, 1.165) is 62.5 Å². The van der Waals surface area contributed by atoms with Crippen LogP contribution in [0.4, 0.5) is 11.4 Å². The summed E-state index contributed by atoms with van der Waals surface area (Å²) in [7, 11) is 2.02. The van der Waals surface area contributed by atoms with Gasteiger partial charge < -0.3 is 19.9 Å². The monoisotopic (exact) mass is 574 g/mol. The molecule has 5 rings (SSSR count). The maximum atomic E-state index is 12.7. The Kier molecular flexibility index (Phi) is 8.90. The number of aryl methyl sites for hydroxylation is 2. The molecule has 0 aliphatic carbocycles. The molecule has 0 bridgehead atoms. The number of fused-ring (bicyclic) bond motifs is 1. The first-order chi connectivity index (χ1) is 20.7. The molecule has 1 amide bonds. The highest BCUT2D eigenvalue weighted by atomic mass is 16.5. The number of anilines is 2. The molecule has 0 spiro atoms. The Morgan fingerprint density at radius 1 is 0.930 bits per heavy atom. The Labute approximate surface area is 252 Å². The number of carbonyl (C=O) groups is 2. The number of nitrogens with zero attached hydrogens (tertiary/aromatic N) is 2. The molecule has 0 radical (unpaired) electrons. The lowest BCUT2D eigenvalue weighted by atomic mass is 9.98. The molecule has 7 heteroatoms. The molecule has 5 aromatic rings. The molecule has 0 unspecified atom stereocenters. The van der Waals surface area contributed by atoms with Crippen LogP contribution in [0.15, 0.2) is 84.9 Å². The first-order valence-electron chi connectivity index (χ1n) is 14.7. The molecule has 0 saturated heterocycles. The van der Waals surface area contributed by atoms with Crippen molar-refractivity contribution in [1.82, 2.24) is 9.55 Å². The van der Waals surface area contributed by atoms with Crippen LogP contribution < -0.4 is 10.6 Å². The van der Waals surface area contributed by atoms with Gasteiger partial charge in [0, 0.05) is 25.6 Å². The van der Waals surface area contributed by atoms with Gasteiger partial charge in [0.25, 0.3) is 0 Å². The summed E-state index contributed by atoms with van der Waals surface area (Å²) < 4.78 is 7.55. The first kappa shape index (κ1) is 29.6. The second kappa shape index (κ2) is 12.9. The molecule has 0 aliphatic heterocycles. The highest BCUT2D eigenvalue weighted by Gasteiger charge is 2.17. The minimum absolute atomic E-state index is 0.0110. The molecule has 2 N–H and O–H groups in total. The average Bonchev–Trinajstić information content (AvgIpc) is 3.33. The van der Waals surface area contributed by atoms with E-state index in [9.17, 15) is 9.59 Å². The largest absolute Gasteiger partial charge is 0.459 e. The molecule has 0 fully saturated rings. The fourth-order valence-electron chi connectivity index (χ4n) is 5.24. The predicted octanol–water partition coefficient (Wildman–Crippen LogP) is 8.13. The van der Waals surface area contributed by atoms with Crippen molar-refractivity contribution in [3.8, 4) is 22.5 Å². The summed E-state index contributed by atoms with van der Waals surface area (Å²) in [4.78, 5) is 30.2. The third-order valence-electron chi connectivity index (χ3n) is 7.36. The predicted molar refractivity (Wildman–Crippen MR) is 174 cm³/mol. The van der Waals surface area contributed by atoms with Crippen LogP contribution in [-0.4, -0.2) is 27.5 Å². The van der Waals surface area contributed by atoms with E-state index in [1.54, 1.807) is 6.07 Å². The van der Waals surface area contributed by atoms with Crippen LogP contribution in [0.25, 0.3) is 33.5 Å². The van der Waals surface area contributed by atoms with Gasteiger partial charge in [-0.1, -0.05) is 61.5 Å². The molecule has 1 heterocycles. The molecule has 0 saturated carbocycles. The Morgan fingerprint density at radius 2 is 1.65 bits per heavy atom. The minimum atomic E-state index is -0.329. The lowest BCUT2D eigenvalue weighted by molar-refractivity contribution is -0.116. The number of nitrogens with one attached hydrogen (secondary N) is 2. The molecule has 1 aromatic heterocycles. The maximum absolute atomic E-state index is 12.7. The number of hydrogen-bond donors (Lipinski definition) is 2. The summed E-state index contributed by atoms with van der Waals surface area (Å²) >= 11 is 0. The summed E-state index contributed by atoms with van der Waals surface area (Å²) in [5, 5.41) is 6.69. The van der Waals surface area contributed by atoms with Crippen molar-refractivity contribution in [2.45, 2.75) is 53.2 Å². The lowest BCUT2D eigenvalue weighted by Crippen LogP contribution is -2.14. The summed E-state index contributed by atoms with van der Waals surface area (Å²) in [6, 6.07) is 27.8. The number of ether oxygens (including phenoxy) is 1.